The van der Waals surface area contributed by atoms with E-state index in [2.05, 4.69) is 13.8 Å². The predicted molar refractivity (Wildman–Crippen MR) is 154 cm³/mol. The Bertz CT molecular complexity index is 1190. The molecular weight excluding hydrogens is 588 g/mol. The quantitative estimate of drug-likeness (QED) is 0.163. The summed E-state index contributed by atoms with van der Waals surface area (Å²) < 4.78 is 39.6. The van der Waals surface area contributed by atoms with Crippen molar-refractivity contribution in [1.82, 2.24) is 0 Å². The van der Waals surface area contributed by atoms with Crippen molar-refractivity contribution >= 4 is 25.4 Å². The summed E-state index contributed by atoms with van der Waals surface area (Å²) in [7, 11) is 1.47. The number of carbonyl (C=O) groups excluding carboxylic acids is 4. The van der Waals surface area contributed by atoms with E-state index >= 15 is 0 Å². The molecule has 0 bridgehead atoms. The predicted octanol–water partition coefficient (Wildman–Crippen LogP) is 2.62. The summed E-state index contributed by atoms with van der Waals surface area (Å²) in [5, 5.41) is 12.7. The number of cyclic esters (lactones) is 1. The van der Waals surface area contributed by atoms with Crippen LogP contribution in [-0.2, 0) is 52.3 Å². The zero-order chi connectivity index (χ0) is 32.1. The Balaban J connectivity index is 1.19. The van der Waals surface area contributed by atoms with Gasteiger partial charge in [-0.2, -0.15) is 0 Å². The maximum atomic E-state index is 12.7. The standard InChI is InChI=1S/C33H46O12/c1-18-27(42-16-35)28(39-4)29(43-17-36)30(44-18)45-21-7-9-31(2)20(12-21)5-6-23-22(31)8-10-32(3)26(19-11-25(37)40-14-19)24(41-15-34)13-33(23,32)38/h11,15-18,20-24,26-30,38H,5-10,12-14H2,1-4H3/t18-,20-,21+,22+,23-,24+,26+,27-,28+,29-,30?,31+,32-,33+/m1/s1. The summed E-state index contributed by atoms with van der Waals surface area (Å²) in [5.74, 6) is -0.0109. The van der Waals surface area contributed by atoms with Gasteiger partial charge in [0.15, 0.2) is 18.5 Å². The highest BCUT2D eigenvalue weighted by Gasteiger charge is 2.71. The molecule has 12 nitrogen and oxygen atoms in total. The van der Waals surface area contributed by atoms with Gasteiger partial charge in [-0.1, -0.05) is 13.8 Å². The molecule has 1 saturated heterocycles. The minimum Gasteiger partial charge on any atom is -0.464 e. The monoisotopic (exact) mass is 634 g/mol. The minimum absolute atomic E-state index is 0.0258. The molecule has 2 aliphatic heterocycles. The van der Waals surface area contributed by atoms with Gasteiger partial charge in [0.1, 0.15) is 18.8 Å². The number of fused-ring (bicyclic) bond motifs is 5. The summed E-state index contributed by atoms with van der Waals surface area (Å²) in [4.78, 5) is 46.1. The third-order valence-corrected chi connectivity index (χ3v) is 12.9. The number of methoxy groups -OCH3 is 1. The van der Waals surface area contributed by atoms with E-state index in [9.17, 15) is 24.3 Å². The Hall–Kier alpha value is -2.54. The van der Waals surface area contributed by atoms with Gasteiger partial charge in [-0.3, -0.25) is 14.4 Å². The number of rotatable bonds is 10. The zero-order valence-corrected chi connectivity index (χ0v) is 26.5. The number of carbonyl (C=O) groups is 4. The molecule has 5 fully saturated rings. The zero-order valence-electron chi connectivity index (χ0n) is 26.5. The van der Waals surface area contributed by atoms with E-state index in [0.29, 0.717) is 31.8 Å². The largest absolute Gasteiger partial charge is 0.464 e. The average Bonchev–Trinajstić information content (AvgIpc) is 3.52. The van der Waals surface area contributed by atoms with Gasteiger partial charge in [-0.25, -0.2) is 4.79 Å². The van der Waals surface area contributed by atoms with Crippen molar-refractivity contribution < 1.29 is 57.4 Å². The van der Waals surface area contributed by atoms with Crippen LogP contribution in [-0.4, -0.2) is 92.7 Å². The molecule has 0 spiro atoms. The van der Waals surface area contributed by atoms with Crippen LogP contribution < -0.4 is 0 Å². The van der Waals surface area contributed by atoms with E-state index in [-0.39, 0.29) is 35.9 Å². The molecular formula is C33H46O12. The highest BCUT2D eigenvalue weighted by Crippen LogP contribution is 2.70. The Morgan fingerprint density at radius 3 is 2.33 bits per heavy atom. The normalized spacial score (nSPS) is 49.0. The maximum absolute atomic E-state index is 12.7. The number of hydrogen-bond donors (Lipinski definition) is 1. The number of aliphatic hydroxyl groups is 1. The first-order valence-corrected chi connectivity index (χ1v) is 16.2. The van der Waals surface area contributed by atoms with Crippen molar-refractivity contribution in [2.24, 2.45) is 34.5 Å². The van der Waals surface area contributed by atoms with Gasteiger partial charge in [0.25, 0.3) is 19.4 Å². The molecule has 0 aromatic heterocycles. The van der Waals surface area contributed by atoms with E-state index in [1.54, 1.807) is 6.92 Å². The van der Waals surface area contributed by atoms with Crippen LogP contribution >= 0.6 is 0 Å². The smallest absolute Gasteiger partial charge is 0.331 e. The highest BCUT2D eigenvalue weighted by atomic mass is 16.7. The van der Waals surface area contributed by atoms with Crippen molar-refractivity contribution in [2.45, 2.75) is 121 Å². The summed E-state index contributed by atoms with van der Waals surface area (Å²) in [5.41, 5.74) is -0.834. The van der Waals surface area contributed by atoms with Gasteiger partial charge in [0.2, 0.25) is 0 Å². The SMILES string of the molecule is CO[C@H]1[C@H](OC=O)[C@@H](C)OC(O[C@H]2CC[C@@]3(C)[C@H](CC[C@@H]4[C@@H]3CC[C@]3(C)[C@@H](C5=CC(=O)OC5)[C@@H](OC=O)C[C@]43O)C2)[C@@H]1OC=O. The second-order valence-electron chi connectivity index (χ2n) is 14.5. The molecule has 1 unspecified atom stereocenters. The van der Waals surface area contributed by atoms with Crippen molar-refractivity contribution in [1.29, 1.82) is 0 Å². The molecule has 0 amide bonds. The third-order valence-electron chi connectivity index (χ3n) is 12.9. The van der Waals surface area contributed by atoms with Crippen LogP contribution in [0.3, 0.4) is 0 Å². The van der Waals surface area contributed by atoms with Gasteiger partial charge in [-0.05, 0) is 80.6 Å². The fourth-order valence-corrected chi connectivity index (χ4v) is 10.7. The molecule has 4 aliphatic carbocycles. The average molecular weight is 635 g/mol. The van der Waals surface area contributed by atoms with E-state index in [4.69, 9.17) is 33.2 Å². The molecule has 45 heavy (non-hydrogen) atoms. The number of esters is 1. The lowest BCUT2D eigenvalue weighted by atomic mass is 9.43. The maximum Gasteiger partial charge on any atom is 0.331 e. The molecule has 14 atom stereocenters. The summed E-state index contributed by atoms with van der Waals surface area (Å²) >= 11 is 0. The minimum atomic E-state index is -1.05. The van der Waals surface area contributed by atoms with Crippen LogP contribution in [0.1, 0.15) is 72.1 Å². The second-order valence-corrected chi connectivity index (χ2v) is 14.5. The Kier molecular flexibility index (Phi) is 8.81. The molecule has 0 radical (unpaired) electrons. The van der Waals surface area contributed by atoms with E-state index in [1.165, 1.54) is 13.2 Å². The van der Waals surface area contributed by atoms with Gasteiger partial charge in [0.05, 0.1) is 17.8 Å². The molecule has 0 aromatic rings. The molecule has 0 aromatic carbocycles. The lowest BCUT2D eigenvalue weighted by Gasteiger charge is -2.63. The van der Waals surface area contributed by atoms with E-state index in [0.717, 1.165) is 50.5 Å². The van der Waals surface area contributed by atoms with Gasteiger partial charge >= 0.3 is 5.97 Å². The molecule has 1 N–H and O–H groups in total. The number of ether oxygens (including phenoxy) is 7. The fraction of sp³-hybridized carbons (Fsp3) is 0.818. The third kappa shape index (κ3) is 5.10. The molecule has 12 heteroatoms. The van der Waals surface area contributed by atoms with Crippen LogP contribution in [0.4, 0.5) is 0 Å². The summed E-state index contributed by atoms with van der Waals surface area (Å²) in [6, 6.07) is 0. The molecule has 6 aliphatic rings. The lowest BCUT2D eigenvalue weighted by molar-refractivity contribution is -0.314. The van der Waals surface area contributed by atoms with Crippen molar-refractivity contribution in [3.63, 3.8) is 0 Å². The van der Waals surface area contributed by atoms with Crippen molar-refractivity contribution in [3.05, 3.63) is 11.6 Å². The van der Waals surface area contributed by atoms with Gasteiger partial charge in [0, 0.05) is 30.9 Å². The summed E-state index contributed by atoms with van der Waals surface area (Å²) in [6.07, 6.45) is 3.28. The van der Waals surface area contributed by atoms with Crippen LogP contribution in [0, 0.1) is 34.5 Å². The molecule has 250 valence electrons. The highest BCUT2D eigenvalue weighted by molar-refractivity contribution is 5.85. The van der Waals surface area contributed by atoms with Crippen LogP contribution in [0.25, 0.3) is 0 Å². The summed E-state index contributed by atoms with van der Waals surface area (Å²) in [6.45, 7) is 7.52. The van der Waals surface area contributed by atoms with E-state index < -0.39 is 53.8 Å². The Labute approximate surface area is 263 Å². The fourth-order valence-electron chi connectivity index (χ4n) is 10.7. The first kappa shape index (κ1) is 32.4. The van der Waals surface area contributed by atoms with Gasteiger partial charge < -0.3 is 38.3 Å². The first-order chi connectivity index (χ1) is 21.5. The molecule has 4 saturated carbocycles. The van der Waals surface area contributed by atoms with Crippen molar-refractivity contribution in [2.75, 3.05) is 13.7 Å². The first-order valence-electron chi connectivity index (χ1n) is 16.2. The van der Waals surface area contributed by atoms with Gasteiger partial charge in [-0.15, -0.1) is 0 Å². The molecule has 6 rings (SSSR count). The molecule has 2 heterocycles. The number of hydrogen-bond acceptors (Lipinski definition) is 12. The van der Waals surface area contributed by atoms with Crippen LogP contribution in [0.5, 0.6) is 0 Å². The van der Waals surface area contributed by atoms with Crippen molar-refractivity contribution in [3.8, 4) is 0 Å². The topological polar surface area (TPSA) is 153 Å². The van der Waals surface area contributed by atoms with Crippen LogP contribution in [0.15, 0.2) is 11.6 Å². The Morgan fingerprint density at radius 2 is 1.67 bits per heavy atom. The van der Waals surface area contributed by atoms with E-state index in [1.807, 2.05) is 0 Å². The Morgan fingerprint density at radius 1 is 0.933 bits per heavy atom. The lowest BCUT2D eigenvalue weighted by Crippen LogP contribution is -2.63. The van der Waals surface area contributed by atoms with Crippen LogP contribution in [0.2, 0.25) is 0 Å². The second kappa shape index (κ2) is 12.2.